The van der Waals surface area contributed by atoms with Gasteiger partial charge in [0.1, 0.15) is 0 Å². The molecule has 1 fully saturated rings. The Morgan fingerprint density at radius 1 is 1.50 bits per heavy atom. The average Bonchev–Trinajstić information content (AvgIpc) is 2.88. The predicted molar refractivity (Wildman–Crippen MR) is 71.4 cm³/mol. The molecule has 0 unspecified atom stereocenters. The fraction of sp³-hybridized carbons (Fsp3) is 0.545. The zero-order valence-corrected chi connectivity index (χ0v) is 11.9. The second-order valence-electron chi connectivity index (χ2n) is 4.18. The van der Waals surface area contributed by atoms with Crippen LogP contribution in [0.3, 0.4) is 0 Å². The largest absolute Gasteiger partial charge is 0.345 e. The summed E-state index contributed by atoms with van der Waals surface area (Å²) in [6.07, 6.45) is 4.30. The highest BCUT2D eigenvalue weighted by Crippen LogP contribution is 2.31. The Balaban J connectivity index is 2.06. The molecule has 2 nitrogen and oxygen atoms in total. The molecule has 0 radical (unpaired) electrons. The lowest BCUT2D eigenvalue weighted by Gasteiger charge is -2.27. The first-order valence-corrected chi connectivity index (χ1v) is 7.43. The van der Waals surface area contributed by atoms with Crippen molar-refractivity contribution in [3.05, 3.63) is 20.8 Å². The van der Waals surface area contributed by atoms with E-state index in [1.54, 1.807) is 0 Å². The number of nitrogens with one attached hydrogen (secondary N) is 1. The van der Waals surface area contributed by atoms with Crippen molar-refractivity contribution in [1.29, 1.82) is 0 Å². The van der Waals surface area contributed by atoms with Crippen LogP contribution in [0.1, 0.15) is 35.4 Å². The molecule has 1 N–H and O–H groups in total. The topological polar surface area (TPSA) is 29.1 Å². The molecule has 1 saturated carbocycles. The summed E-state index contributed by atoms with van der Waals surface area (Å²) in [5.41, 5.74) is -0.172. The van der Waals surface area contributed by atoms with Crippen molar-refractivity contribution in [2.75, 3.05) is 5.88 Å². The Hall–Kier alpha value is -0.0600. The number of thiophene rings is 1. The molecule has 2 rings (SSSR count). The predicted octanol–water partition coefficient (Wildman–Crippen LogP) is 3.79. The first kappa shape index (κ1) is 12.4. The van der Waals surface area contributed by atoms with E-state index in [4.69, 9.17) is 11.6 Å². The lowest BCUT2D eigenvalue weighted by molar-refractivity contribution is 0.0913. The van der Waals surface area contributed by atoms with Crippen molar-refractivity contribution in [2.45, 2.75) is 31.2 Å². The number of halogens is 2. The van der Waals surface area contributed by atoms with Crippen LogP contribution >= 0.6 is 38.9 Å². The van der Waals surface area contributed by atoms with Crippen LogP contribution in [0.2, 0.25) is 0 Å². The Bertz CT molecular complexity index is 387. The van der Waals surface area contributed by atoms with Crippen LogP contribution in [0.25, 0.3) is 0 Å². The minimum absolute atomic E-state index is 0.00162. The van der Waals surface area contributed by atoms with E-state index in [0.29, 0.717) is 5.88 Å². The monoisotopic (exact) mass is 321 g/mol. The molecule has 0 saturated heterocycles. The third-order valence-electron chi connectivity index (χ3n) is 2.99. The van der Waals surface area contributed by atoms with E-state index < -0.39 is 0 Å². The molecule has 1 aromatic heterocycles. The molecule has 88 valence electrons. The van der Waals surface area contributed by atoms with Crippen LogP contribution in [0.15, 0.2) is 15.9 Å². The highest BCUT2D eigenvalue weighted by atomic mass is 79.9. The lowest BCUT2D eigenvalue weighted by Crippen LogP contribution is -2.47. The molecule has 0 atom stereocenters. The molecule has 16 heavy (non-hydrogen) atoms. The first-order valence-electron chi connectivity index (χ1n) is 5.29. The lowest BCUT2D eigenvalue weighted by atomic mass is 10.0. The highest BCUT2D eigenvalue weighted by molar-refractivity contribution is 9.11. The molecule has 1 aromatic rings. The van der Waals surface area contributed by atoms with Crippen molar-refractivity contribution < 1.29 is 4.79 Å². The molecule has 1 heterocycles. The summed E-state index contributed by atoms with van der Waals surface area (Å²) in [6.45, 7) is 0. The molecule has 1 amide bonds. The van der Waals surface area contributed by atoms with E-state index in [1.165, 1.54) is 11.3 Å². The summed E-state index contributed by atoms with van der Waals surface area (Å²) in [5.74, 6) is 0.504. The van der Waals surface area contributed by atoms with Crippen molar-refractivity contribution in [1.82, 2.24) is 5.32 Å². The van der Waals surface area contributed by atoms with E-state index in [0.717, 1.165) is 34.3 Å². The van der Waals surface area contributed by atoms with E-state index in [-0.39, 0.29) is 11.4 Å². The molecule has 0 bridgehead atoms. The molecule has 0 spiro atoms. The number of amides is 1. The summed E-state index contributed by atoms with van der Waals surface area (Å²) >= 11 is 10.8. The van der Waals surface area contributed by atoms with Gasteiger partial charge in [0.2, 0.25) is 0 Å². The van der Waals surface area contributed by atoms with Gasteiger partial charge in [0.15, 0.2) is 0 Å². The maximum atomic E-state index is 12.0. The summed E-state index contributed by atoms with van der Waals surface area (Å²) in [6, 6.07) is 3.72. The van der Waals surface area contributed by atoms with Crippen molar-refractivity contribution in [3.63, 3.8) is 0 Å². The van der Waals surface area contributed by atoms with Gasteiger partial charge in [-0.1, -0.05) is 12.8 Å². The van der Waals surface area contributed by atoms with Crippen LogP contribution in [0.4, 0.5) is 0 Å². The Morgan fingerprint density at radius 2 is 2.19 bits per heavy atom. The smallest absolute Gasteiger partial charge is 0.261 e. The Kier molecular flexibility index (Phi) is 3.93. The van der Waals surface area contributed by atoms with Crippen molar-refractivity contribution in [3.8, 4) is 0 Å². The van der Waals surface area contributed by atoms with Gasteiger partial charge < -0.3 is 5.32 Å². The summed E-state index contributed by atoms with van der Waals surface area (Å²) in [7, 11) is 0. The van der Waals surface area contributed by atoms with Gasteiger partial charge in [-0.2, -0.15) is 0 Å². The fourth-order valence-corrected chi connectivity index (χ4v) is 3.70. The first-order chi connectivity index (χ1) is 7.65. The van der Waals surface area contributed by atoms with Gasteiger partial charge in [0.05, 0.1) is 14.2 Å². The standard InChI is InChI=1S/C11H13BrClNOS/c12-9-4-3-8(16-9)10(15)14-11(7-13)5-1-2-6-11/h3-4H,1-2,5-7H2,(H,14,15). The molecule has 0 aromatic carbocycles. The van der Waals surface area contributed by atoms with Crippen LogP contribution in [-0.2, 0) is 0 Å². The number of alkyl halides is 1. The molecular formula is C11H13BrClNOS. The number of hydrogen-bond acceptors (Lipinski definition) is 2. The van der Waals surface area contributed by atoms with Gasteiger partial charge in [-0.25, -0.2) is 0 Å². The average molecular weight is 323 g/mol. The zero-order chi connectivity index (χ0) is 11.6. The Morgan fingerprint density at radius 3 is 2.69 bits per heavy atom. The van der Waals surface area contributed by atoms with Gasteiger partial charge in [0.25, 0.3) is 5.91 Å². The molecule has 5 heteroatoms. The molecule has 1 aliphatic rings. The zero-order valence-electron chi connectivity index (χ0n) is 8.76. The second kappa shape index (κ2) is 5.07. The van der Waals surface area contributed by atoms with Crippen molar-refractivity contribution in [2.24, 2.45) is 0 Å². The third-order valence-corrected chi connectivity index (χ3v) is 5.13. The third kappa shape index (κ3) is 2.60. The summed E-state index contributed by atoms with van der Waals surface area (Å²) in [4.78, 5) is 12.7. The minimum Gasteiger partial charge on any atom is -0.345 e. The van der Waals surface area contributed by atoms with Crippen LogP contribution in [0, 0.1) is 0 Å². The van der Waals surface area contributed by atoms with Crippen LogP contribution < -0.4 is 5.32 Å². The fourth-order valence-electron chi connectivity index (χ4n) is 2.08. The Labute approximate surface area is 113 Å². The summed E-state index contributed by atoms with van der Waals surface area (Å²) in [5, 5.41) is 3.09. The highest BCUT2D eigenvalue weighted by Gasteiger charge is 2.34. The number of rotatable bonds is 3. The second-order valence-corrected chi connectivity index (χ2v) is 6.91. The summed E-state index contributed by atoms with van der Waals surface area (Å²) < 4.78 is 0.976. The van der Waals surface area contributed by atoms with E-state index in [9.17, 15) is 4.79 Å². The van der Waals surface area contributed by atoms with E-state index in [1.807, 2.05) is 12.1 Å². The molecular weight excluding hydrogens is 310 g/mol. The van der Waals surface area contributed by atoms with Crippen molar-refractivity contribution >= 4 is 44.8 Å². The maximum absolute atomic E-state index is 12.0. The maximum Gasteiger partial charge on any atom is 0.261 e. The van der Waals surface area contributed by atoms with Gasteiger partial charge in [-0.15, -0.1) is 22.9 Å². The minimum atomic E-state index is -0.172. The number of carbonyl (C=O) groups excluding carboxylic acids is 1. The van der Waals surface area contributed by atoms with Gasteiger partial charge >= 0.3 is 0 Å². The number of hydrogen-bond donors (Lipinski definition) is 1. The van der Waals surface area contributed by atoms with Gasteiger partial charge in [-0.3, -0.25) is 4.79 Å². The number of carbonyl (C=O) groups is 1. The van der Waals surface area contributed by atoms with E-state index in [2.05, 4.69) is 21.2 Å². The quantitative estimate of drug-likeness (QED) is 0.843. The molecule has 0 aliphatic heterocycles. The van der Waals surface area contributed by atoms with Gasteiger partial charge in [0, 0.05) is 5.88 Å². The van der Waals surface area contributed by atoms with Crippen LogP contribution in [-0.4, -0.2) is 17.3 Å². The van der Waals surface area contributed by atoms with Crippen LogP contribution in [0.5, 0.6) is 0 Å². The van der Waals surface area contributed by atoms with Gasteiger partial charge in [-0.05, 0) is 40.9 Å². The normalized spacial score (nSPS) is 18.6. The molecule has 1 aliphatic carbocycles. The SMILES string of the molecule is O=C(NC1(CCl)CCCC1)c1ccc(Br)s1. The van der Waals surface area contributed by atoms with E-state index >= 15 is 0 Å².